The first-order valence-corrected chi connectivity index (χ1v) is 8.80. The van der Waals surface area contributed by atoms with Crippen molar-refractivity contribution in [3.8, 4) is 0 Å². The van der Waals surface area contributed by atoms with Gasteiger partial charge in [0.05, 0.1) is 6.54 Å². The van der Waals surface area contributed by atoms with Crippen molar-refractivity contribution in [2.45, 2.75) is 46.3 Å². The van der Waals surface area contributed by atoms with Crippen molar-refractivity contribution in [2.24, 2.45) is 4.99 Å². The number of amides is 1. The molecule has 0 radical (unpaired) electrons. The van der Waals surface area contributed by atoms with Crippen molar-refractivity contribution in [1.29, 1.82) is 0 Å². The van der Waals surface area contributed by atoms with E-state index >= 15 is 0 Å². The molecule has 1 aromatic rings. The predicted octanol–water partition coefficient (Wildman–Crippen LogP) is 2.72. The predicted molar refractivity (Wildman–Crippen MR) is 96.0 cm³/mol. The summed E-state index contributed by atoms with van der Waals surface area (Å²) in [6, 6.07) is 4.10. The molecule has 6 nitrogen and oxygen atoms in total. The molecular formula is C16H28N4O2S. The maximum Gasteiger partial charge on any atom is 0.407 e. The fraction of sp³-hybridized carbons (Fsp3) is 0.625. The van der Waals surface area contributed by atoms with Crippen molar-refractivity contribution in [1.82, 2.24) is 16.0 Å². The molecule has 3 N–H and O–H groups in total. The van der Waals surface area contributed by atoms with Gasteiger partial charge in [0.15, 0.2) is 5.96 Å². The van der Waals surface area contributed by atoms with Crippen LogP contribution in [-0.4, -0.2) is 37.3 Å². The van der Waals surface area contributed by atoms with Crippen LogP contribution in [0.1, 0.15) is 39.0 Å². The van der Waals surface area contributed by atoms with Gasteiger partial charge in [0.1, 0.15) is 5.60 Å². The molecular weight excluding hydrogens is 312 g/mol. The number of alkyl carbamates (subject to hydrolysis) is 1. The van der Waals surface area contributed by atoms with Gasteiger partial charge in [-0.15, -0.1) is 11.3 Å². The Labute approximate surface area is 142 Å². The second-order valence-electron chi connectivity index (χ2n) is 5.98. The summed E-state index contributed by atoms with van der Waals surface area (Å²) in [6.45, 7) is 10.4. The summed E-state index contributed by atoms with van der Waals surface area (Å²) in [4.78, 5) is 17.3. The summed E-state index contributed by atoms with van der Waals surface area (Å²) in [5.41, 5.74) is -0.463. The molecule has 0 atom stereocenters. The van der Waals surface area contributed by atoms with Crippen molar-refractivity contribution in [2.75, 3.05) is 19.6 Å². The number of guanidine groups is 1. The average molecular weight is 340 g/mol. The van der Waals surface area contributed by atoms with E-state index in [0.717, 1.165) is 25.5 Å². The highest BCUT2D eigenvalue weighted by atomic mass is 32.1. The van der Waals surface area contributed by atoms with Crippen molar-refractivity contribution in [3.63, 3.8) is 0 Å². The largest absolute Gasteiger partial charge is 0.444 e. The number of aliphatic imine (C=N–C) groups is 1. The fourth-order valence-electron chi connectivity index (χ4n) is 1.70. The van der Waals surface area contributed by atoms with Gasteiger partial charge in [0, 0.05) is 24.5 Å². The van der Waals surface area contributed by atoms with E-state index in [2.05, 4.69) is 27.0 Å². The molecule has 0 aromatic carbocycles. The molecule has 1 aromatic heterocycles. The maximum atomic E-state index is 11.5. The van der Waals surface area contributed by atoms with Gasteiger partial charge in [-0.1, -0.05) is 6.07 Å². The first-order chi connectivity index (χ1) is 10.9. The molecule has 1 rings (SSSR count). The highest BCUT2D eigenvalue weighted by Gasteiger charge is 2.15. The SMILES string of the molecule is CCNC(=NCc1cccs1)NCCCNC(=O)OC(C)(C)C. The van der Waals surface area contributed by atoms with Crippen LogP contribution in [0, 0.1) is 0 Å². The number of carbonyl (C=O) groups is 1. The van der Waals surface area contributed by atoms with Gasteiger partial charge in [0.2, 0.25) is 0 Å². The standard InChI is InChI=1S/C16H28N4O2S/c1-5-17-14(20-12-13-8-6-11-23-13)18-9-7-10-19-15(21)22-16(2,3)4/h6,8,11H,5,7,9-10,12H2,1-4H3,(H,19,21)(H2,17,18,20). The van der Waals surface area contributed by atoms with Crippen LogP contribution in [0.3, 0.4) is 0 Å². The third-order valence-corrected chi connectivity index (χ3v) is 3.49. The number of ether oxygens (including phenoxy) is 1. The average Bonchev–Trinajstić information content (AvgIpc) is 2.95. The van der Waals surface area contributed by atoms with E-state index < -0.39 is 5.60 Å². The third kappa shape index (κ3) is 9.78. The van der Waals surface area contributed by atoms with Crippen LogP contribution in [0.4, 0.5) is 4.79 Å². The van der Waals surface area contributed by atoms with Crippen molar-refractivity contribution < 1.29 is 9.53 Å². The number of carbonyl (C=O) groups excluding carboxylic acids is 1. The molecule has 0 aliphatic heterocycles. The van der Waals surface area contributed by atoms with Gasteiger partial charge in [-0.05, 0) is 45.6 Å². The van der Waals surface area contributed by atoms with Crippen molar-refractivity contribution >= 4 is 23.4 Å². The molecule has 0 saturated heterocycles. The lowest BCUT2D eigenvalue weighted by atomic mass is 10.2. The molecule has 0 aliphatic rings. The fourth-order valence-corrected chi connectivity index (χ4v) is 2.33. The second-order valence-corrected chi connectivity index (χ2v) is 7.02. The topological polar surface area (TPSA) is 74.8 Å². The molecule has 0 fully saturated rings. The maximum absolute atomic E-state index is 11.5. The summed E-state index contributed by atoms with van der Waals surface area (Å²) in [5, 5.41) is 11.3. The zero-order chi connectivity index (χ0) is 17.1. The monoisotopic (exact) mass is 340 g/mol. The van der Waals surface area contributed by atoms with E-state index in [0.29, 0.717) is 13.1 Å². The molecule has 0 spiro atoms. The smallest absolute Gasteiger partial charge is 0.407 e. The highest BCUT2D eigenvalue weighted by molar-refractivity contribution is 7.09. The summed E-state index contributed by atoms with van der Waals surface area (Å²) in [7, 11) is 0. The molecule has 1 heterocycles. The molecule has 0 bridgehead atoms. The lowest BCUT2D eigenvalue weighted by Crippen LogP contribution is -2.39. The Morgan fingerprint density at radius 2 is 2.00 bits per heavy atom. The van der Waals surface area contributed by atoms with Crippen LogP contribution in [0.2, 0.25) is 0 Å². The van der Waals surface area contributed by atoms with E-state index in [1.165, 1.54) is 4.88 Å². The van der Waals surface area contributed by atoms with Crippen LogP contribution in [0.25, 0.3) is 0 Å². The van der Waals surface area contributed by atoms with Crippen LogP contribution < -0.4 is 16.0 Å². The minimum absolute atomic E-state index is 0.379. The van der Waals surface area contributed by atoms with Gasteiger partial charge in [0.25, 0.3) is 0 Å². The molecule has 0 unspecified atom stereocenters. The lowest BCUT2D eigenvalue weighted by Gasteiger charge is -2.19. The Morgan fingerprint density at radius 1 is 1.26 bits per heavy atom. The van der Waals surface area contributed by atoms with Gasteiger partial charge >= 0.3 is 6.09 Å². The third-order valence-electron chi connectivity index (χ3n) is 2.63. The minimum Gasteiger partial charge on any atom is -0.444 e. The summed E-state index contributed by atoms with van der Waals surface area (Å²) in [5.74, 6) is 0.790. The Balaban J connectivity index is 2.22. The number of hydrogen-bond acceptors (Lipinski definition) is 4. The Bertz CT molecular complexity index is 481. The lowest BCUT2D eigenvalue weighted by molar-refractivity contribution is 0.0527. The van der Waals surface area contributed by atoms with E-state index in [1.54, 1.807) is 11.3 Å². The Hall–Kier alpha value is -1.76. The molecule has 1 amide bonds. The minimum atomic E-state index is -0.463. The van der Waals surface area contributed by atoms with E-state index in [-0.39, 0.29) is 6.09 Å². The molecule has 23 heavy (non-hydrogen) atoms. The number of thiophene rings is 1. The van der Waals surface area contributed by atoms with Crippen LogP contribution in [0.5, 0.6) is 0 Å². The number of nitrogens with zero attached hydrogens (tertiary/aromatic N) is 1. The zero-order valence-electron chi connectivity index (χ0n) is 14.4. The van der Waals surface area contributed by atoms with Gasteiger partial charge < -0.3 is 20.7 Å². The zero-order valence-corrected chi connectivity index (χ0v) is 15.3. The van der Waals surface area contributed by atoms with Gasteiger partial charge in [-0.25, -0.2) is 9.79 Å². The van der Waals surface area contributed by atoms with Crippen molar-refractivity contribution in [3.05, 3.63) is 22.4 Å². The highest BCUT2D eigenvalue weighted by Crippen LogP contribution is 2.09. The van der Waals surface area contributed by atoms with E-state index in [9.17, 15) is 4.79 Å². The first-order valence-electron chi connectivity index (χ1n) is 7.92. The van der Waals surface area contributed by atoms with Crippen LogP contribution in [-0.2, 0) is 11.3 Å². The van der Waals surface area contributed by atoms with Crippen LogP contribution >= 0.6 is 11.3 Å². The quantitative estimate of drug-likeness (QED) is 0.405. The molecule has 130 valence electrons. The Kier molecular flexibility index (Phi) is 8.47. The van der Waals surface area contributed by atoms with Gasteiger partial charge in [-0.2, -0.15) is 0 Å². The molecule has 0 saturated carbocycles. The number of hydrogen-bond donors (Lipinski definition) is 3. The van der Waals surface area contributed by atoms with E-state index in [4.69, 9.17) is 4.74 Å². The van der Waals surface area contributed by atoms with E-state index in [1.807, 2.05) is 39.1 Å². The Morgan fingerprint density at radius 3 is 2.61 bits per heavy atom. The first kappa shape index (κ1) is 19.3. The normalized spacial score (nSPS) is 11.9. The molecule has 0 aliphatic carbocycles. The molecule has 7 heteroatoms. The van der Waals surface area contributed by atoms with Gasteiger partial charge in [-0.3, -0.25) is 0 Å². The van der Waals surface area contributed by atoms with Crippen LogP contribution in [0.15, 0.2) is 22.5 Å². The number of rotatable bonds is 7. The summed E-state index contributed by atoms with van der Waals surface area (Å²) < 4.78 is 5.18. The second kappa shape index (κ2) is 10.1. The number of nitrogens with one attached hydrogen (secondary N) is 3. The summed E-state index contributed by atoms with van der Waals surface area (Å²) >= 11 is 1.70. The summed E-state index contributed by atoms with van der Waals surface area (Å²) in [6.07, 6.45) is 0.415.